The zero-order chi connectivity index (χ0) is 18.5. The molecule has 2 N–H and O–H groups in total. The molecule has 26 heavy (non-hydrogen) atoms. The number of anilines is 1. The highest BCUT2D eigenvalue weighted by Gasteiger charge is 2.34. The van der Waals surface area contributed by atoms with E-state index in [0.717, 1.165) is 10.1 Å². The maximum absolute atomic E-state index is 12.1. The van der Waals surface area contributed by atoms with Gasteiger partial charge in [-0.25, -0.2) is 9.59 Å². The van der Waals surface area contributed by atoms with E-state index in [0.29, 0.717) is 0 Å². The van der Waals surface area contributed by atoms with Crippen LogP contribution >= 0.6 is 0 Å². The lowest BCUT2D eigenvalue weighted by molar-refractivity contribution is -0.124. The van der Waals surface area contributed by atoms with Crippen molar-refractivity contribution in [2.75, 3.05) is 11.9 Å². The number of aliphatic hydroxyl groups is 1. The predicted octanol–water partition coefficient (Wildman–Crippen LogP) is 0.841. The van der Waals surface area contributed by atoms with Crippen LogP contribution in [0.25, 0.3) is 0 Å². The van der Waals surface area contributed by atoms with E-state index in [1.807, 2.05) is 30.3 Å². The Hall–Kier alpha value is -3.04. The van der Waals surface area contributed by atoms with Crippen molar-refractivity contribution in [1.29, 1.82) is 0 Å². The summed E-state index contributed by atoms with van der Waals surface area (Å²) in [6.45, 7) is -0.352. The average Bonchev–Trinajstić information content (AvgIpc) is 3.01. The maximum Gasteiger partial charge on any atom is 0.413 e. The molecule has 1 aromatic heterocycles. The van der Waals surface area contributed by atoms with Gasteiger partial charge in [0.15, 0.2) is 5.78 Å². The van der Waals surface area contributed by atoms with E-state index in [1.165, 1.54) is 12.3 Å². The highest BCUT2D eigenvalue weighted by Crippen LogP contribution is 2.24. The van der Waals surface area contributed by atoms with Crippen LogP contribution in [0.3, 0.4) is 0 Å². The molecule has 0 aliphatic carbocycles. The second-order valence-corrected chi connectivity index (χ2v) is 5.62. The molecule has 1 fully saturated rings. The number of nitrogens with one attached hydrogen (secondary N) is 1. The van der Waals surface area contributed by atoms with Crippen LogP contribution in [0.4, 0.5) is 10.6 Å². The van der Waals surface area contributed by atoms with Crippen molar-refractivity contribution >= 4 is 17.7 Å². The molecule has 1 unspecified atom stereocenters. The molecule has 0 saturated carbocycles. The Morgan fingerprint density at radius 1 is 1.31 bits per heavy atom. The van der Waals surface area contributed by atoms with Crippen molar-refractivity contribution in [3.05, 3.63) is 58.6 Å². The Bertz CT molecular complexity index is 851. The number of aliphatic hydroxyl groups excluding tert-OH is 1. The number of ether oxygens (including phenoxy) is 2. The van der Waals surface area contributed by atoms with Crippen molar-refractivity contribution in [1.82, 2.24) is 9.55 Å². The van der Waals surface area contributed by atoms with E-state index in [2.05, 4.69) is 10.3 Å². The number of benzene rings is 1. The third-order valence-corrected chi connectivity index (χ3v) is 3.81. The van der Waals surface area contributed by atoms with Gasteiger partial charge in [0.05, 0.1) is 13.0 Å². The molecule has 1 aliphatic rings. The second kappa shape index (κ2) is 7.89. The van der Waals surface area contributed by atoms with Crippen LogP contribution in [-0.4, -0.2) is 39.2 Å². The van der Waals surface area contributed by atoms with Crippen molar-refractivity contribution in [3.63, 3.8) is 0 Å². The maximum atomic E-state index is 12.1. The van der Waals surface area contributed by atoms with Crippen LogP contribution in [-0.2, 0) is 20.9 Å². The van der Waals surface area contributed by atoms with Crippen molar-refractivity contribution in [2.45, 2.75) is 25.4 Å². The SMILES string of the molecule is O=C(Nc1ccn([C@H]2CC(=O)C(CO)O2)c(=O)n1)OCc1ccccc1. The summed E-state index contributed by atoms with van der Waals surface area (Å²) in [7, 11) is 0. The van der Waals surface area contributed by atoms with Crippen LogP contribution in [0, 0.1) is 0 Å². The Morgan fingerprint density at radius 2 is 2.08 bits per heavy atom. The van der Waals surface area contributed by atoms with Crippen molar-refractivity contribution < 1.29 is 24.2 Å². The second-order valence-electron chi connectivity index (χ2n) is 5.62. The smallest absolute Gasteiger partial charge is 0.413 e. The minimum absolute atomic E-state index is 0.0207. The lowest BCUT2D eigenvalue weighted by Gasteiger charge is -2.14. The van der Waals surface area contributed by atoms with Gasteiger partial charge in [0.1, 0.15) is 24.8 Å². The lowest BCUT2D eigenvalue weighted by atomic mass is 10.2. The summed E-state index contributed by atoms with van der Waals surface area (Å²) >= 11 is 0. The summed E-state index contributed by atoms with van der Waals surface area (Å²) in [6.07, 6.45) is -1.17. The topological polar surface area (TPSA) is 120 Å². The quantitative estimate of drug-likeness (QED) is 0.812. The van der Waals surface area contributed by atoms with Crippen LogP contribution in [0.15, 0.2) is 47.4 Å². The molecular formula is C17H17N3O6. The van der Waals surface area contributed by atoms with Crippen LogP contribution in [0.5, 0.6) is 0 Å². The number of rotatable bonds is 5. The molecule has 1 saturated heterocycles. The summed E-state index contributed by atoms with van der Waals surface area (Å²) in [5, 5.41) is 11.4. The van der Waals surface area contributed by atoms with E-state index in [9.17, 15) is 14.4 Å². The zero-order valence-electron chi connectivity index (χ0n) is 13.7. The highest BCUT2D eigenvalue weighted by atomic mass is 16.5. The molecule has 0 spiro atoms. The van der Waals surface area contributed by atoms with Gasteiger partial charge >= 0.3 is 11.8 Å². The summed E-state index contributed by atoms with van der Waals surface area (Å²) in [4.78, 5) is 39.2. The molecule has 2 atom stereocenters. The molecule has 1 aromatic carbocycles. The summed E-state index contributed by atoms with van der Waals surface area (Å²) in [6, 6.07) is 10.5. The Balaban J connectivity index is 1.60. The van der Waals surface area contributed by atoms with Crippen LogP contribution in [0.1, 0.15) is 18.2 Å². The van der Waals surface area contributed by atoms with E-state index in [1.54, 1.807) is 0 Å². The Labute approximate surface area is 148 Å². The van der Waals surface area contributed by atoms with Gasteiger partial charge in [-0.1, -0.05) is 30.3 Å². The van der Waals surface area contributed by atoms with E-state index in [-0.39, 0.29) is 24.6 Å². The van der Waals surface area contributed by atoms with E-state index < -0.39 is 30.7 Å². The van der Waals surface area contributed by atoms with E-state index in [4.69, 9.17) is 14.6 Å². The monoisotopic (exact) mass is 359 g/mol. The third-order valence-electron chi connectivity index (χ3n) is 3.81. The first-order valence-electron chi connectivity index (χ1n) is 7.92. The predicted molar refractivity (Wildman–Crippen MR) is 89.4 cm³/mol. The third kappa shape index (κ3) is 4.13. The molecular weight excluding hydrogens is 342 g/mol. The molecule has 9 heteroatoms. The Kier molecular flexibility index (Phi) is 5.40. The number of carbonyl (C=O) groups is 2. The normalized spacial score (nSPS) is 19.3. The minimum atomic E-state index is -0.933. The average molecular weight is 359 g/mol. The number of hydrogen-bond donors (Lipinski definition) is 2. The molecule has 0 radical (unpaired) electrons. The summed E-state index contributed by atoms with van der Waals surface area (Å²) < 4.78 is 11.5. The number of amides is 1. The summed E-state index contributed by atoms with van der Waals surface area (Å²) in [5.41, 5.74) is 0.134. The van der Waals surface area contributed by atoms with Gasteiger partial charge in [-0.2, -0.15) is 4.98 Å². The first-order chi connectivity index (χ1) is 12.6. The Morgan fingerprint density at radius 3 is 2.73 bits per heavy atom. The number of nitrogens with zero attached hydrogens (tertiary/aromatic N) is 2. The van der Waals surface area contributed by atoms with Gasteiger partial charge in [0.2, 0.25) is 0 Å². The zero-order valence-corrected chi connectivity index (χ0v) is 13.7. The standard InChI is InChI=1S/C17H17N3O6/c21-9-13-12(22)8-15(26-13)20-7-6-14(18-16(20)23)19-17(24)25-10-11-4-2-1-3-5-11/h1-7,13,15,21H,8-10H2,(H,18,19,23,24)/t13?,15-/m1/s1. The first-order valence-corrected chi connectivity index (χ1v) is 7.92. The fourth-order valence-electron chi connectivity index (χ4n) is 2.49. The number of aromatic nitrogens is 2. The molecule has 2 aromatic rings. The largest absolute Gasteiger partial charge is 0.444 e. The number of ketones is 1. The van der Waals surface area contributed by atoms with Crippen LogP contribution < -0.4 is 11.0 Å². The molecule has 3 rings (SSSR count). The minimum Gasteiger partial charge on any atom is -0.444 e. The van der Waals surface area contributed by atoms with Crippen molar-refractivity contribution in [2.24, 2.45) is 0 Å². The lowest BCUT2D eigenvalue weighted by Crippen LogP contribution is -2.28. The van der Waals surface area contributed by atoms with Gasteiger partial charge in [-0.15, -0.1) is 0 Å². The number of carbonyl (C=O) groups excluding carboxylic acids is 2. The van der Waals surface area contributed by atoms with Gasteiger partial charge in [0.25, 0.3) is 0 Å². The molecule has 9 nitrogen and oxygen atoms in total. The molecule has 0 bridgehead atoms. The summed E-state index contributed by atoms with van der Waals surface area (Å²) in [5.74, 6) is -0.261. The highest BCUT2D eigenvalue weighted by molar-refractivity contribution is 5.85. The molecule has 1 aliphatic heterocycles. The van der Waals surface area contributed by atoms with E-state index >= 15 is 0 Å². The fourth-order valence-corrected chi connectivity index (χ4v) is 2.49. The molecule has 2 heterocycles. The number of Topliss-reactive ketones (excluding diaryl/α,β-unsaturated/α-hetero) is 1. The van der Waals surface area contributed by atoms with Crippen molar-refractivity contribution in [3.8, 4) is 0 Å². The van der Waals surface area contributed by atoms with Gasteiger partial charge in [-0.05, 0) is 11.6 Å². The van der Waals surface area contributed by atoms with Gasteiger partial charge in [-0.3, -0.25) is 14.7 Å². The number of hydrogen-bond acceptors (Lipinski definition) is 7. The first kappa shape index (κ1) is 17.8. The van der Waals surface area contributed by atoms with Gasteiger partial charge < -0.3 is 14.6 Å². The van der Waals surface area contributed by atoms with Gasteiger partial charge in [0, 0.05) is 6.20 Å². The molecule has 136 valence electrons. The van der Waals surface area contributed by atoms with Crippen LogP contribution in [0.2, 0.25) is 0 Å². The fraction of sp³-hybridized carbons (Fsp3) is 0.294. The molecule has 1 amide bonds.